The molecule has 0 amide bonds. The zero-order valence-electron chi connectivity index (χ0n) is 7.43. The molecule has 0 atom stereocenters. The Labute approximate surface area is 77.4 Å². The number of rotatable bonds is 2. The number of nitrogens with zero attached hydrogens (tertiary/aromatic N) is 1. The van der Waals surface area contributed by atoms with E-state index in [-0.39, 0.29) is 0 Å². The Bertz CT molecular complexity index is 383. The molecule has 0 radical (unpaired) electrons. The van der Waals surface area contributed by atoms with Crippen LogP contribution < -0.4 is 0 Å². The Balaban J connectivity index is 3.24. The van der Waals surface area contributed by atoms with E-state index in [2.05, 4.69) is 4.98 Å². The van der Waals surface area contributed by atoms with Gasteiger partial charge in [-0.2, -0.15) is 8.42 Å². The van der Waals surface area contributed by atoms with Gasteiger partial charge in [0, 0.05) is 12.4 Å². The molecule has 1 aromatic heterocycles. The first-order valence-electron chi connectivity index (χ1n) is 3.73. The van der Waals surface area contributed by atoms with Crippen LogP contribution in [0, 0.1) is 0 Å². The first-order chi connectivity index (χ1) is 5.86. The molecule has 0 unspecified atom stereocenters. The predicted molar refractivity (Wildman–Crippen MR) is 48.8 cm³/mol. The molecule has 0 bridgehead atoms. The Morgan fingerprint density at radius 2 is 1.77 bits per heavy atom. The summed E-state index contributed by atoms with van der Waals surface area (Å²) < 4.78 is 29.6. The van der Waals surface area contributed by atoms with E-state index in [0.29, 0.717) is 5.56 Å². The van der Waals surface area contributed by atoms with Crippen LogP contribution in [0.3, 0.4) is 0 Å². The number of pyridine rings is 1. The van der Waals surface area contributed by atoms with Crippen molar-refractivity contribution in [2.45, 2.75) is 18.6 Å². The summed E-state index contributed by atoms with van der Waals surface area (Å²) >= 11 is 0. The van der Waals surface area contributed by atoms with Crippen LogP contribution in [0.25, 0.3) is 0 Å². The summed E-state index contributed by atoms with van der Waals surface area (Å²) in [5.41, 5.74) is 0.519. The van der Waals surface area contributed by atoms with E-state index in [1.807, 2.05) is 0 Å². The van der Waals surface area contributed by atoms with Gasteiger partial charge in [0.1, 0.15) is 4.75 Å². The van der Waals surface area contributed by atoms with E-state index >= 15 is 0 Å². The monoisotopic (exact) mass is 201 g/mol. The van der Waals surface area contributed by atoms with Gasteiger partial charge in [0.2, 0.25) is 0 Å². The molecule has 1 rings (SSSR count). The first kappa shape index (κ1) is 10.1. The van der Waals surface area contributed by atoms with Crippen LogP contribution in [-0.4, -0.2) is 18.0 Å². The maximum absolute atomic E-state index is 11.0. The Morgan fingerprint density at radius 3 is 2.15 bits per heavy atom. The molecule has 0 saturated heterocycles. The van der Waals surface area contributed by atoms with Crippen LogP contribution in [0.1, 0.15) is 19.4 Å². The second-order valence-corrected chi connectivity index (χ2v) is 5.19. The molecule has 0 aromatic carbocycles. The second-order valence-electron chi connectivity index (χ2n) is 3.22. The van der Waals surface area contributed by atoms with Crippen molar-refractivity contribution in [1.29, 1.82) is 0 Å². The summed E-state index contributed by atoms with van der Waals surface area (Å²) in [4.78, 5) is 3.76. The zero-order valence-corrected chi connectivity index (χ0v) is 8.25. The van der Waals surface area contributed by atoms with Crippen molar-refractivity contribution in [2.24, 2.45) is 0 Å². The highest BCUT2D eigenvalue weighted by molar-refractivity contribution is 7.86. The smallest absolute Gasteiger partial charge is 0.274 e. The molecule has 0 aliphatic carbocycles. The minimum absolute atomic E-state index is 0.519. The van der Waals surface area contributed by atoms with Crippen LogP contribution in [0.15, 0.2) is 24.5 Å². The number of aromatic nitrogens is 1. The summed E-state index contributed by atoms with van der Waals surface area (Å²) in [7, 11) is -4.08. The van der Waals surface area contributed by atoms with Crippen molar-refractivity contribution >= 4 is 10.1 Å². The summed E-state index contributed by atoms with van der Waals surface area (Å²) in [6.45, 7) is 2.88. The van der Waals surface area contributed by atoms with E-state index < -0.39 is 14.9 Å². The first-order valence-corrected chi connectivity index (χ1v) is 5.17. The van der Waals surface area contributed by atoms with Crippen molar-refractivity contribution < 1.29 is 13.0 Å². The molecule has 72 valence electrons. The molecule has 4 nitrogen and oxygen atoms in total. The zero-order chi connectivity index (χ0) is 10.1. The molecule has 1 N–H and O–H groups in total. The third-order valence-electron chi connectivity index (χ3n) is 2.02. The standard InChI is InChI=1S/C8H11NO3S/c1-8(2,13(10,11)12)7-3-5-9-6-4-7/h3-6H,1-2H3,(H,10,11,12). The fraction of sp³-hybridized carbons (Fsp3) is 0.375. The Hall–Kier alpha value is -0.940. The third-order valence-corrected chi connectivity index (χ3v) is 3.55. The average molecular weight is 201 g/mol. The Morgan fingerprint density at radius 1 is 1.31 bits per heavy atom. The van der Waals surface area contributed by atoms with Gasteiger partial charge in [-0.05, 0) is 31.5 Å². The van der Waals surface area contributed by atoms with Crippen molar-refractivity contribution in [3.8, 4) is 0 Å². The van der Waals surface area contributed by atoms with E-state index in [0.717, 1.165) is 0 Å². The van der Waals surface area contributed by atoms with Gasteiger partial charge in [0.05, 0.1) is 0 Å². The molecule has 13 heavy (non-hydrogen) atoms. The molecule has 1 aromatic rings. The average Bonchev–Trinajstić information content (AvgIpc) is 2.04. The highest BCUT2D eigenvalue weighted by Gasteiger charge is 2.34. The summed E-state index contributed by atoms with van der Waals surface area (Å²) in [5, 5.41) is 0. The van der Waals surface area contributed by atoms with E-state index in [1.165, 1.54) is 26.2 Å². The maximum Gasteiger partial charge on any atom is 0.274 e. The summed E-state index contributed by atoms with van der Waals surface area (Å²) in [6, 6.07) is 3.13. The minimum atomic E-state index is -4.08. The second kappa shape index (κ2) is 3.08. The quantitative estimate of drug-likeness (QED) is 0.730. The van der Waals surface area contributed by atoms with Gasteiger partial charge in [0.15, 0.2) is 0 Å². The van der Waals surface area contributed by atoms with Crippen molar-refractivity contribution in [1.82, 2.24) is 4.98 Å². The topological polar surface area (TPSA) is 67.3 Å². The highest BCUT2D eigenvalue weighted by Crippen LogP contribution is 2.27. The van der Waals surface area contributed by atoms with Gasteiger partial charge in [-0.15, -0.1) is 0 Å². The number of hydrogen-bond donors (Lipinski definition) is 1. The predicted octanol–water partition coefficient (Wildman–Crippen LogP) is 1.20. The fourth-order valence-corrected chi connectivity index (χ4v) is 1.34. The molecular formula is C8H11NO3S. The molecule has 0 aliphatic rings. The van der Waals surface area contributed by atoms with Gasteiger partial charge >= 0.3 is 0 Å². The fourth-order valence-electron chi connectivity index (χ4n) is 0.902. The molecule has 0 aliphatic heterocycles. The van der Waals surface area contributed by atoms with Crippen LogP contribution >= 0.6 is 0 Å². The molecule has 5 heteroatoms. The van der Waals surface area contributed by atoms with Crippen molar-refractivity contribution in [3.05, 3.63) is 30.1 Å². The van der Waals surface area contributed by atoms with Crippen LogP contribution in [0.2, 0.25) is 0 Å². The van der Waals surface area contributed by atoms with Gasteiger partial charge in [-0.3, -0.25) is 9.54 Å². The van der Waals surface area contributed by atoms with Crippen molar-refractivity contribution in [3.63, 3.8) is 0 Å². The van der Waals surface area contributed by atoms with Crippen LogP contribution in [0.5, 0.6) is 0 Å². The van der Waals surface area contributed by atoms with Gasteiger partial charge in [-0.1, -0.05) is 0 Å². The lowest BCUT2D eigenvalue weighted by molar-refractivity contribution is 0.445. The van der Waals surface area contributed by atoms with E-state index in [4.69, 9.17) is 4.55 Å². The van der Waals surface area contributed by atoms with Crippen molar-refractivity contribution in [2.75, 3.05) is 0 Å². The van der Waals surface area contributed by atoms with Crippen LogP contribution in [-0.2, 0) is 14.9 Å². The SMILES string of the molecule is CC(C)(c1ccncc1)S(=O)(=O)O. The normalized spacial score (nSPS) is 12.8. The van der Waals surface area contributed by atoms with Gasteiger partial charge in [-0.25, -0.2) is 0 Å². The lowest BCUT2D eigenvalue weighted by Gasteiger charge is -2.20. The van der Waals surface area contributed by atoms with Gasteiger partial charge < -0.3 is 0 Å². The lowest BCUT2D eigenvalue weighted by Crippen LogP contribution is -2.28. The summed E-state index contributed by atoms with van der Waals surface area (Å²) in [6.07, 6.45) is 2.98. The maximum atomic E-state index is 11.0. The molecule has 0 spiro atoms. The highest BCUT2D eigenvalue weighted by atomic mass is 32.2. The summed E-state index contributed by atoms with van der Waals surface area (Å²) in [5.74, 6) is 0. The van der Waals surface area contributed by atoms with E-state index in [1.54, 1.807) is 12.1 Å². The molecule has 0 fully saturated rings. The largest absolute Gasteiger partial charge is 0.285 e. The Kier molecular flexibility index (Phi) is 2.40. The molecule has 0 saturated carbocycles. The molecule has 1 heterocycles. The van der Waals surface area contributed by atoms with Crippen LogP contribution in [0.4, 0.5) is 0 Å². The van der Waals surface area contributed by atoms with Gasteiger partial charge in [0.25, 0.3) is 10.1 Å². The lowest BCUT2D eigenvalue weighted by atomic mass is 10.0. The molecular weight excluding hydrogens is 190 g/mol. The third kappa shape index (κ3) is 1.87. The van der Waals surface area contributed by atoms with E-state index in [9.17, 15) is 8.42 Å². The minimum Gasteiger partial charge on any atom is -0.285 e. The number of hydrogen-bond acceptors (Lipinski definition) is 3.